The van der Waals surface area contributed by atoms with Gasteiger partial charge >= 0.3 is 0 Å². The molecule has 26 heavy (non-hydrogen) atoms. The molecule has 1 aliphatic rings. The number of aliphatic hydroxyl groups excluding tert-OH is 1. The third-order valence-electron chi connectivity index (χ3n) is 5.93. The van der Waals surface area contributed by atoms with Gasteiger partial charge < -0.3 is 5.11 Å². The summed E-state index contributed by atoms with van der Waals surface area (Å²) >= 11 is 0. The van der Waals surface area contributed by atoms with Gasteiger partial charge in [-0.1, -0.05) is 56.5 Å². The summed E-state index contributed by atoms with van der Waals surface area (Å²) in [5.41, 5.74) is 5.06. The molecule has 1 aromatic carbocycles. The van der Waals surface area contributed by atoms with Crippen molar-refractivity contribution in [1.82, 2.24) is 4.98 Å². The minimum absolute atomic E-state index is 0.353. The molecule has 0 atom stereocenters. The highest BCUT2D eigenvalue weighted by Gasteiger charge is 2.21. The Labute approximate surface area is 158 Å². The second-order valence-electron chi connectivity index (χ2n) is 7.88. The van der Waals surface area contributed by atoms with Gasteiger partial charge in [0, 0.05) is 18.4 Å². The molecule has 2 nitrogen and oxygen atoms in total. The SMILES string of the molecule is CCCCCCc1ccc(-c2ccc(C3CCC(CO)CC3)cc2)nc1. The third kappa shape index (κ3) is 5.17. The van der Waals surface area contributed by atoms with Gasteiger partial charge in [0.1, 0.15) is 0 Å². The molecule has 3 rings (SSSR count). The Bertz CT molecular complexity index is 639. The summed E-state index contributed by atoms with van der Waals surface area (Å²) in [6.45, 7) is 2.60. The summed E-state index contributed by atoms with van der Waals surface area (Å²) in [6.07, 6.45) is 13.1. The van der Waals surface area contributed by atoms with Gasteiger partial charge in [0.25, 0.3) is 0 Å². The molecule has 0 aliphatic heterocycles. The molecule has 1 aliphatic carbocycles. The standard InChI is InChI=1S/C24H33NO/c1-2-3-4-5-6-19-9-16-24(25-17-19)23-14-12-22(13-15-23)21-10-7-20(18-26)8-11-21/h9,12-17,20-21,26H,2-8,10-11,18H2,1H3. The first-order valence-electron chi connectivity index (χ1n) is 10.5. The van der Waals surface area contributed by atoms with Crippen LogP contribution in [-0.2, 0) is 6.42 Å². The molecule has 0 spiro atoms. The Morgan fingerprint density at radius 1 is 0.923 bits per heavy atom. The van der Waals surface area contributed by atoms with E-state index < -0.39 is 0 Å². The van der Waals surface area contributed by atoms with Gasteiger partial charge in [0.15, 0.2) is 0 Å². The fourth-order valence-corrected chi connectivity index (χ4v) is 4.10. The van der Waals surface area contributed by atoms with E-state index in [0.29, 0.717) is 18.4 Å². The Morgan fingerprint density at radius 3 is 2.31 bits per heavy atom. The average Bonchev–Trinajstić information content (AvgIpc) is 2.72. The highest BCUT2D eigenvalue weighted by molar-refractivity contribution is 5.59. The maximum atomic E-state index is 9.29. The monoisotopic (exact) mass is 351 g/mol. The van der Waals surface area contributed by atoms with Crippen molar-refractivity contribution in [2.45, 2.75) is 70.6 Å². The molecule has 1 saturated carbocycles. The molecular formula is C24H33NO. The van der Waals surface area contributed by atoms with Gasteiger partial charge in [0.2, 0.25) is 0 Å². The maximum absolute atomic E-state index is 9.29. The third-order valence-corrected chi connectivity index (χ3v) is 5.93. The zero-order valence-corrected chi connectivity index (χ0v) is 16.2. The molecule has 0 saturated heterocycles. The van der Waals surface area contributed by atoms with Gasteiger partial charge in [-0.25, -0.2) is 0 Å². The minimum atomic E-state index is 0.353. The number of nitrogens with zero attached hydrogens (tertiary/aromatic N) is 1. The first-order valence-corrected chi connectivity index (χ1v) is 10.5. The topological polar surface area (TPSA) is 33.1 Å². The Morgan fingerprint density at radius 2 is 1.69 bits per heavy atom. The molecule has 140 valence electrons. The van der Waals surface area contributed by atoms with Crippen LogP contribution in [0.2, 0.25) is 0 Å². The number of unbranched alkanes of at least 4 members (excludes halogenated alkanes) is 3. The lowest BCUT2D eigenvalue weighted by Crippen LogP contribution is -2.16. The van der Waals surface area contributed by atoms with E-state index in [1.165, 1.54) is 55.2 Å². The van der Waals surface area contributed by atoms with Crippen LogP contribution in [0, 0.1) is 5.92 Å². The highest BCUT2D eigenvalue weighted by Crippen LogP contribution is 2.36. The fourth-order valence-electron chi connectivity index (χ4n) is 4.10. The van der Waals surface area contributed by atoms with Gasteiger partial charge in [-0.2, -0.15) is 0 Å². The van der Waals surface area contributed by atoms with Crippen LogP contribution in [-0.4, -0.2) is 16.7 Å². The van der Waals surface area contributed by atoms with Crippen LogP contribution in [0.3, 0.4) is 0 Å². The molecule has 0 bridgehead atoms. The normalized spacial score (nSPS) is 20.2. The summed E-state index contributed by atoms with van der Waals surface area (Å²) in [6, 6.07) is 13.4. The van der Waals surface area contributed by atoms with Crippen LogP contribution in [0.4, 0.5) is 0 Å². The smallest absolute Gasteiger partial charge is 0.0702 e. The van der Waals surface area contributed by atoms with E-state index in [1.54, 1.807) is 0 Å². The Hall–Kier alpha value is -1.67. The van der Waals surface area contributed by atoms with E-state index in [0.717, 1.165) is 25.0 Å². The zero-order valence-electron chi connectivity index (χ0n) is 16.2. The van der Waals surface area contributed by atoms with E-state index >= 15 is 0 Å². The molecule has 2 heteroatoms. The largest absolute Gasteiger partial charge is 0.396 e. The highest BCUT2D eigenvalue weighted by atomic mass is 16.3. The van der Waals surface area contributed by atoms with Crippen LogP contribution in [0.5, 0.6) is 0 Å². The Balaban J connectivity index is 1.56. The van der Waals surface area contributed by atoms with Crippen LogP contribution in [0.25, 0.3) is 11.3 Å². The van der Waals surface area contributed by atoms with Crippen LogP contribution in [0.15, 0.2) is 42.6 Å². The van der Waals surface area contributed by atoms with Gasteiger partial charge in [-0.15, -0.1) is 0 Å². The van der Waals surface area contributed by atoms with Crippen molar-refractivity contribution in [3.05, 3.63) is 53.7 Å². The van der Waals surface area contributed by atoms with E-state index in [4.69, 9.17) is 0 Å². The number of pyridine rings is 1. The lowest BCUT2D eigenvalue weighted by Gasteiger charge is -2.27. The van der Waals surface area contributed by atoms with Crippen molar-refractivity contribution in [2.24, 2.45) is 5.92 Å². The van der Waals surface area contributed by atoms with E-state index in [2.05, 4.69) is 48.3 Å². The molecule has 2 aromatic rings. The molecule has 1 N–H and O–H groups in total. The van der Waals surface area contributed by atoms with Crippen LogP contribution >= 0.6 is 0 Å². The average molecular weight is 352 g/mol. The molecule has 0 unspecified atom stereocenters. The first kappa shape index (κ1) is 19.1. The van der Waals surface area contributed by atoms with Crippen molar-refractivity contribution in [2.75, 3.05) is 6.61 Å². The van der Waals surface area contributed by atoms with Crippen molar-refractivity contribution in [3.8, 4) is 11.3 Å². The van der Waals surface area contributed by atoms with Gasteiger partial charge in [0.05, 0.1) is 5.69 Å². The fraction of sp³-hybridized carbons (Fsp3) is 0.542. The summed E-state index contributed by atoms with van der Waals surface area (Å²) < 4.78 is 0. The summed E-state index contributed by atoms with van der Waals surface area (Å²) in [4.78, 5) is 4.68. The van der Waals surface area contributed by atoms with E-state index in [-0.39, 0.29) is 0 Å². The number of aryl methyl sites for hydroxylation is 1. The molecule has 1 fully saturated rings. The lowest BCUT2D eigenvalue weighted by molar-refractivity contribution is 0.182. The number of benzene rings is 1. The van der Waals surface area contributed by atoms with Crippen molar-refractivity contribution < 1.29 is 5.11 Å². The summed E-state index contributed by atoms with van der Waals surface area (Å²) in [7, 11) is 0. The molecule has 0 amide bonds. The molecule has 1 heterocycles. The van der Waals surface area contributed by atoms with E-state index in [1.807, 2.05) is 6.20 Å². The molecule has 1 aromatic heterocycles. The van der Waals surface area contributed by atoms with Crippen LogP contribution < -0.4 is 0 Å². The quantitative estimate of drug-likeness (QED) is 0.580. The van der Waals surface area contributed by atoms with Crippen molar-refractivity contribution in [3.63, 3.8) is 0 Å². The maximum Gasteiger partial charge on any atom is 0.0702 e. The lowest BCUT2D eigenvalue weighted by atomic mass is 9.79. The first-order chi connectivity index (χ1) is 12.8. The summed E-state index contributed by atoms with van der Waals surface area (Å²) in [5, 5.41) is 9.29. The summed E-state index contributed by atoms with van der Waals surface area (Å²) in [5.74, 6) is 1.18. The number of hydrogen-bond donors (Lipinski definition) is 1. The van der Waals surface area contributed by atoms with Gasteiger partial charge in [-0.3, -0.25) is 4.98 Å². The van der Waals surface area contributed by atoms with Crippen LogP contribution in [0.1, 0.15) is 75.3 Å². The van der Waals surface area contributed by atoms with Gasteiger partial charge in [-0.05, 0) is 67.6 Å². The molecule has 0 radical (unpaired) electrons. The predicted octanol–water partition coefficient (Wildman–Crippen LogP) is 6.14. The zero-order chi connectivity index (χ0) is 18.2. The number of aliphatic hydroxyl groups is 1. The second kappa shape index (κ2) is 9.87. The number of rotatable bonds is 8. The Kier molecular flexibility index (Phi) is 7.25. The minimum Gasteiger partial charge on any atom is -0.396 e. The predicted molar refractivity (Wildman–Crippen MR) is 109 cm³/mol. The number of hydrogen-bond acceptors (Lipinski definition) is 2. The van der Waals surface area contributed by atoms with Crippen molar-refractivity contribution >= 4 is 0 Å². The second-order valence-corrected chi connectivity index (χ2v) is 7.88. The number of aromatic nitrogens is 1. The van der Waals surface area contributed by atoms with E-state index in [9.17, 15) is 5.11 Å². The molecular weight excluding hydrogens is 318 g/mol. The van der Waals surface area contributed by atoms with Crippen molar-refractivity contribution in [1.29, 1.82) is 0 Å².